The Hall–Kier alpha value is -3.02. The lowest BCUT2D eigenvalue weighted by Gasteiger charge is -2.26. The second-order valence-corrected chi connectivity index (χ2v) is 8.59. The van der Waals surface area contributed by atoms with Crippen molar-refractivity contribution >= 4 is 41.9 Å². The van der Waals surface area contributed by atoms with Crippen LogP contribution in [0.3, 0.4) is 0 Å². The number of fused-ring (bicyclic) bond motifs is 2. The number of nitrogens with one attached hydrogen (secondary N) is 3. The molecule has 6 N–H and O–H groups in total. The molecule has 4 atom stereocenters. The fourth-order valence-electron chi connectivity index (χ4n) is 4.34. The van der Waals surface area contributed by atoms with Gasteiger partial charge in [0.2, 0.25) is 0 Å². The van der Waals surface area contributed by atoms with Crippen molar-refractivity contribution in [2.75, 3.05) is 33.0 Å². The number of carbonyl (C=O) groups excluding carboxylic acids is 3. The summed E-state index contributed by atoms with van der Waals surface area (Å²) in [7, 11) is 5.30. The summed E-state index contributed by atoms with van der Waals surface area (Å²) < 4.78 is 0. The number of para-hydroxylation sites is 1. The second kappa shape index (κ2) is 17.4. The first-order valence-corrected chi connectivity index (χ1v) is 12.2. The number of rotatable bonds is 8. The molecule has 1 aromatic carbocycles. The molecule has 2 bridgehead atoms. The van der Waals surface area contributed by atoms with Gasteiger partial charge in [-0.1, -0.05) is 35.9 Å². The Balaban J connectivity index is 0.000000272. The van der Waals surface area contributed by atoms with Crippen LogP contribution in [0.2, 0.25) is 5.15 Å². The van der Waals surface area contributed by atoms with E-state index >= 15 is 0 Å². The van der Waals surface area contributed by atoms with Crippen LogP contribution in [0, 0.1) is 11.3 Å². The molecule has 1 saturated heterocycles. The van der Waals surface area contributed by atoms with Gasteiger partial charge in [0.1, 0.15) is 23.4 Å². The Morgan fingerprint density at radius 2 is 1.89 bits per heavy atom. The maximum absolute atomic E-state index is 10.6. The lowest BCUT2D eigenvalue weighted by atomic mass is 9.99. The molecule has 4 unspecified atom stereocenters. The fourth-order valence-corrected chi connectivity index (χ4v) is 4.53. The van der Waals surface area contributed by atoms with Crippen LogP contribution in [0.15, 0.2) is 42.5 Å². The van der Waals surface area contributed by atoms with E-state index in [9.17, 15) is 19.5 Å². The van der Waals surface area contributed by atoms with E-state index in [1.165, 1.54) is 7.05 Å². The van der Waals surface area contributed by atoms with Crippen molar-refractivity contribution in [2.24, 2.45) is 11.7 Å². The first kappa shape index (κ1) is 32.0. The summed E-state index contributed by atoms with van der Waals surface area (Å²) in [5, 5.41) is 23.3. The minimum atomic E-state index is -0.254. The minimum Gasteiger partial charge on any atom is -0.391 e. The van der Waals surface area contributed by atoms with Gasteiger partial charge in [0.05, 0.1) is 24.4 Å². The quantitative estimate of drug-likeness (QED) is 0.193. The fraction of sp³-hybridized carbons (Fsp3) is 0.423. The number of aromatic nitrogens is 1. The molecule has 4 rings (SSSR count). The Morgan fingerprint density at radius 1 is 1.19 bits per heavy atom. The SMILES string of the molecule is CN.CN1C(C=O)C2CCC1C2O.CNCc1cccc(Cl)n1.N=C(C=O)c1ccccc1NCC=O. The zero-order valence-corrected chi connectivity index (χ0v) is 22.2. The molecule has 2 fully saturated rings. The normalized spacial score (nSPS) is 21.1. The maximum Gasteiger partial charge on any atom is 0.168 e. The number of hydrogen-bond acceptors (Lipinski definition) is 10. The number of benzene rings is 1. The Labute approximate surface area is 223 Å². The summed E-state index contributed by atoms with van der Waals surface area (Å²) in [6.45, 7) is 0.934. The largest absolute Gasteiger partial charge is 0.391 e. The summed E-state index contributed by atoms with van der Waals surface area (Å²) in [5.41, 5.74) is 6.50. The number of halogens is 1. The summed E-state index contributed by atoms with van der Waals surface area (Å²) in [6.07, 6.45) is 3.97. The highest BCUT2D eigenvalue weighted by atomic mass is 35.5. The molecule has 0 radical (unpaired) electrons. The highest BCUT2D eigenvalue weighted by Crippen LogP contribution is 2.40. The number of piperidine rings is 1. The summed E-state index contributed by atoms with van der Waals surface area (Å²) in [6, 6.07) is 12.7. The van der Waals surface area contributed by atoms with Gasteiger partial charge >= 0.3 is 0 Å². The van der Waals surface area contributed by atoms with Crippen LogP contribution in [-0.4, -0.2) is 85.4 Å². The van der Waals surface area contributed by atoms with Crippen molar-refractivity contribution in [2.45, 2.75) is 37.6 Å². The Kier molecular flexibility index (Phi) is 15.1. The minimum absolute atomic E-state index is 0.0243. The van der Waals surface area contributed by atoms with Gasteiger partial charge in [-0.3, -0.25) is 15.1 Å². The van der Waals surface area contributed by atoms with Gasteiger partial charge in [0.15, 0.2) is 6.29 Å². The Bertz CT molecular complexity index is 1010. The third kappa shape index (κ3) is 9.42. The van der Waals surface area contributed by atoms with Gasteiger partial charge in [-0.05, 0) is 52.2 Å². The number of likely N-dealkylation sites (tertiary alicyclic amines) is 1. The molecule has 0 amide bonds. The topological polar surface area (TPSA) is 162 Å². The number of anilines is 1. The van der Waals surface area contributed by atoms with E-state index in [4.69, 9.17) is 17.0 Å². The van der Waals surface area contributed by atoms with Gasteiger partial charge in [-0.15, -0.1) is 0 Å². The first-order chi connectivity index (χ1) is 17.9. The third-order valence-corrected chi connectivity index (χ3v) is 6.25. The van der Waals surface area contributed by atoms with Crippen molar-refractivity contribution in [1.29, 1.82) is 5.41 Å². The lowest BCUT2D eigenvalue weighted by molar-refractivity contribution is -0.113. The number of carbonyl (C=O) groups is 3. The first-order valence-electron chi connectivity index (χ1n) is 11.9. The Morgan fingerprint density at radius 3 is 2.41 bits per heavy atom. The molecule has 1 aromatic heterocycles. The van der Waals surface area contributed by atoms with E-state index in [1.807, 2.05) is 31.1 Å². The molecule has 2 aromatic rings. The molecule has 37 heavy (non-hydrogen) atoms. The van der Waals surface area contributed by atoms with Crippen molar-refractivity contribution < 1.29 is 19.5 Å². The summed E-state index contributed by atoms with van der Waals surface area (Å²) in [5.74, 6) is 0.211. The predicted molar refractivity (Wildman–Crippen MR) is 146 cm³/mol. The van der Waals surface area contributed by atoms with E-state index in [0.29, 0.717) is 22.7 Å². The standard InChI is InChI=1S/C10H10N2O2.C8H13NO2.C7H9ClN2.CH5N/c11-9(7-14)8-3-1-2-4-10(8)12-5-6-13;1-9-6-3-2-5(8(6)11)7(9)4-10;1-9-5-6-3-2-4-7(8)10-6;1-2/h1-4,6-7,11-12H,5H2;4-8,11H,2-3H2,1H3;2-4,9H,5H2,1H3;2H2,1H3. The van der Waals surface area contributed by atoms with Gasteiger partial charge < -0.3 is 31.1 Å². The summed E-state index contributed by atoms with van der Waals surface area (Å²) in [4.78, 5) is 37.2. The molecular weight excluding hydrogens is 496 g/mol. The number of nitrogens with zero attached hydrogens (tertiary/aromatic N) is 2. The molecule has 2 aliphatic rings. The number of hydrogen-bond donors (Lipinski definition) is 5. The van der Waals surface area contributed by atoms with E-state index < -0.39 is 0 Å². The van der Waals surface area contributed by atoms with E-state index in [0.717, 1.165) is 37.7 Å². The molecule has 1 saturated carbocycles. The van der Waals surface area contributed by atoms with Crippen molar-refractivity contribution in [3.05, 3.63) is 58.9 Å². The molecule has 1 aliphatic carbocycles. The van der Waals surface area contributed by atoms with E-state index in [1.54, 1.807) is 30.3 Å². The van der Waals surface area contributed by atoms with Gasteiger partial charge in [0, 0.05) is 29.8 Å². The zero-order chi connectivity index (χ0) is 27.8. The van der Waals surface area contributed by atoms with Crippen LogP contribution in [0.25, 0.3) is 0 Å². The van der Waals surface area contributed by atoms with Gasteiger partial charge in [-0.2, -0.15) is 0 Å². The highest BCUT2D eigenvalue weighted by Gasteiger charge is 2.50. The second-order valence-electron chi connectivity index (χ2n) is 8.20. The van der Waals surface area contributed by atoms with Crippen molar-refractivity contribution in [3.63, 3.8) is 0 Å². The van der Waals surface area contributed by atoms with Crippen LogP contribution in [0.1, 0.15) is 24.1 Å². The molecule has 1 aliphatic heterocycles. The van der Waals surface area contributed by atoms with Crippen molar-refractivity contribution in [1.82, 2.24) is 15.2 Å². The van der Waals surface area contributed by atoms with Crippen LogP contribution < -0.4 is 16.4 Å². The molecule has 202 valence electrons. The number of likely N-dealkylation sites (N-methyl/N-ethyl adjacent to an activating group) is 1. The summed E-state index contributed by atoms with van der Waals surface area (Å²) >= 11 is 5.64. The molecule has 10 nitrogen and oxygen atoms in total. The number of aliphatic hydroxyl groups is 1. The zero-order valence-electron chi connectivity index (χ0n) is 21.4. The molecular formula is C26H37ClN6O4. The number of pyridine rings is 1. The smallest absolute Gasteiger partial charge is 0.168 e. The number of aldehydes is 3. The van der Waals surface area contributed by atoms with E-state index in [-0.39, 0.29) is 36.4 Å². The maximum atomic E-state index is 10.6. The van der Waals surface area contributed by atoms with Crippen LogP contribution >= 0.6 is 11.6 Å². The predicted octanol–water partition coefficient (Wildman–Crippen LogP) is 1.53. The van der Waals surface area contributed by atoms with Crippen LogP contribution in [0.5, 0.6) is 0 Å². The molecule has 11 heteroatoms. The van der Waals surface area contributed by atoms with Gasteiger partial charge in [0.25, 0.3) is 0 Å². The van der Waals surface area contributed by atoms with Gasteiger partial charge in [-0.25, -0.2) is 4.98 Å². The average molecular weight is 533 g/mol. The third-order valence-electron chi connectivity index (χ3n) is 6.04. The molecule has 0 spiro atoms. The van der Waals surface area contributed by atoms with Crippen molar-refractivity contribution in [3.8, 4) is 0 Å². The van der Waals surface area contributed by atoms with E-state index in [2.05, 4.69) is 21.4 Å². The lowest BCUT2D eigenvalue weighted by Crippen LogP contribution is -2.38. The average Bonchev–Trinajstić information content (AvgIpc) is 3.40. The number of aliphatic hydroxyl groups excluding tert-OH is 1. The highest BCUT2D eigenvalue weighted by molar-refractivity contribution is 6.36. The van der Waals surface area contributed by atoms with Crippen LogP contribution in [0.4, 0.5) is 5.69 Å². The number of nitrogens with two attached hydrogens (primary N) is 1. The molecule has 2 heterocycles. The van der Waals surface area contributed by atoms with Crippen LogP contribution in [-0.2, 0) is 20.9 Å². The monoisotopic (exact) mass is 532 g/mol.